The zero-order valence-electron chi connectivity index (χ0n) is 11.1. The first-order valence-electron chi connectivity index (χ1n) is 5.86. The Hall–Kier alpha value is -2.02. The highest BCUT2D eigenvalue weighted by atomic mass is 19.2. The van der Waals surface area contributed by atoms with Crippen molar-refractivity contribution in [2.45, 2.75) is 13.3 Å². The van der Waals surface area contributed by atoms with E-state index in [0.717, 1.165) is 0 Å². The third-order valence-electron chi connectivity index (χ3n) is 2.55. The molecule has 0 saturated carbocycles. The number of halogens is 2. The van der Waals surface area contributed by atoms with Crippen LogP contribution in [0.25, 0.3) is 0 Å². The van der Waals surface area contributed by atoms with Crippen LogP contribution in [0.4, 0.5) is 14.5 Å². The van der Waals surface area contributed by atoms with Gasteiger partial charge in [0.25, 0.3) is 0 Å². The Morgan fingerprint density at radius 2 is 1.95 bits per heavy atom. The first kappa shape index (κ1) is 16.0. The van der Waals surface area contributed by atoms with Crippen LogP contribution >= 0.6 is 0 Å². The van der Waals surface area contributed by atoms with Gasteiger partial charge in [-0.1, -0.05) is 6.92 Å². The topological polar surface area (TPSA) is 75.6 Å². The van der Waals surface area contributed by atoms with Crippen LogP contribution in [0.2, 0.25) is 0 Å². The Balaban J connectivity index is 2.88. The third kappa shape index (κ3) is 4.27. The molecule has 1 aromatic carbocycles. The number of rotatable bonds is 6. The van der Waals surface area contributed by atoms with Crippen molar-refractivity contribution in [2.75, 3.05) is 19.0 Å². The summed E-state index contributed by atoms with van der Waals surface area (Å²) in [5.41, 5.74) is -0.775. The van der Waals surface area contributed by atoms with Crippen LogP contribution in [-0.4, -0.2) is 30.7 Å². The average molecular weight is 287 g/mol. The first-order chi connectivity index (χ1) is 9.35. The summed E-state index contributed by atoms with van der Waals surface area (Å²) >= 11 is 0. The molecule has 0 spiro atoms. The van der Waals surface area contributed by atoms with Crippen LogP contribution < -0.4 is 5.32 Å². The smallest absolute Gasteiger partial charge is 0.337 e. The van der Waals surface area contributed by atoms with Crippen molar-refractivity contribution in [1.29, 1.82) is 0 Å². The van der Waals surface area contributed by atoms with E-state index < -0.39 is 29.1 Å². The summed E-state index contributed by atoms with van der Waals surface area (Å²) in [6, 6.07) is 1.18. The number of carbonyl (C=O) groups excluding carboxylic acids is 1. The van der Waals surface area contributed by atoms with Gasteiger partial charge in [-0.05, 0) is 12.0 Å². The molecule has 1 aromatic rings. The minimum absolute atomic E-state index is 0.0753. The van der Waals surface area contributed by atoms with Crippen LogP contribution in [0.1, 0.15) is 23.7 Å². The number of carboxylic acids is 1. The fourth-order valence-electron chi connectivity index (χ4n) is 1.69. The molecule has 1 unspecified atom stereocenters. The molecular formula is C13H15F2NO4. The number of hydrogen-bond donors (Lipinski definition) is 2. The molecule has 0 aliphatic heterocycles. The summed E-state index contributed by atoms with van der Waals surface area (Å²) in [4.78, 5) is 22.6. The van der Waals surface area contributed by atoms with E-state index in [9.17, 15) is 18.4 Å². The van der Waals surface area contributed by atoms with Crippen LogP contribution in [-0.2, 0) is 9.53 Å². The second-order valence-corrected chi connectivity index (χ2v) is 4.43. The van der Waals surface area contributed by atoms with Gasteiger partial charge in [-0.25, -0.2) is 13.6 Å². The predicted molar refractivity (Wildman–Crippen MR) is 67.6 cm³/mol. The van der Waals surface area contributed by atoms with Gasteiger partial charge in [0.15, 0.2) is 11.6 Å². The van der Waals surface area contributed by atoms with E-state index in [1.54, 1.807) is 6.92 Å². The quantitative estimate of drug-likeness (QED) is 0.841. The molecule has 0 heterocycles. The normalized spacial score (nSPS) is 12.0. The van der Waals surface area contributed by atoms with Gasteiger partial charge in [-0.2, -0.15) is 0 Å². The van der Waals surface area contributed by atoms with Crippen molar-refractivity contribution in [3.63, 3.8) is 0 Å². The summed E-state index contributed by atoms with van der Waals surface area (Å²) in [5, 5.41) is 11.2. The van der Waals surface area contributed by atoms with Gasteiger partial charge in [-0.15, -0.1) is 0 Å². The highest BCUT2D eigenvalue weighted by Gasteiger charge is 2.18. The standard InChI is InChI=1S/C13H15F2NO4/c1-7(6-20-2)3-12(17)16-11-5-10(15)9(14)4-8(11)13(18)19/h4-5,7H,3,6H2,1-2H3,(H,16,17)(H,18,19). The molecule has 5 nitrogen and oxygen atoms in total. The molecule has 20 heavy (non-hydrogen) atoms. The number of anilines is 1. The Labute approximate surface area is 114 Å². The number of benzene rings is 1. The maximum Gasteiger partial charge on any atom is 0.337 e. The number of carbonyl (C=O) groups is 2. The lowest BCUT2D eigenvalue weighted by Gasteiger charge is -2.12. The molecule has 1 amide bonds. The van der Waals surface area contributed by atoms with Gasteiger partial charge < -0.3 is 15.2 Å². The Morgan fingerprint density at radius 1 is 1.35 bits per heavy atom. The van der Waals surface area contributed by atoms with Gasteiger partial charge in [-0.3, -0.25) is 4.79 Å². The summed E-state index contributed by atoms with van der Waals surface area (Å²) in [7, 11) is 1.49. The molecule has 0 aliphatic rings. The fourth-order valence-corrected chi connectivity index (χ4v) is 1.69. The number of ether oxygens (including phenoxy) is 1. The third-order valence-corrected chi connectivity index (χ3v) is 2.55. The Kier molecular flexibility index (Phi) is 5.57. The second-order valence-electron chi connectivity index (χ2n) is 4.43. The lowest BCUT2D eigenvalue weighted by molar-refractivity contribution is -0.117. The predicted octanol–water partition coefficient (Wildman–Crippen LogP) is 2.27. The summed E-state index contributed by atoms with van der Waals surface area (Å²) in [5.74, 6) is -4.55. The number of amides is 1. The van der Waals surface area contributed by atoms with E-state index in [2.05, 4.69) is 5.32 Å². The molecule has 0 radical (unpaired) electrons. The van der Waals surface area contributed by atoms with Crippen LogP contribution in [0.15, 0.2) is 12.1 Å². The first-order valence-corrected chi connectivity index (χ1v) is 5.86. The molecule has 1 atom stereocenters. The zero-order chi connectivity index (χ0) is 15.3. The monoisotopic (exact) mass is 287 g/mol. The lowest BCUT2D eigenvalue weighted by atomic mass is 10.1. The van der Waals surface area contributed by atoms with E-state index in [4.69, 9.17) is 9.84 Å². The average Bonchev–Trinajstić information content (AvgIpc) is 2.33. The number of aromatic carboxylic acids is 1. The van der Waals surface area contributed by atoms with Crippen LogP contribution in [0, 0.1) is 17.6 Å². The SMILES string of the molecule is COCC(C)CC(=O)Nc1cc(F)c(F)cc1C(=O)O. The van der Waals surface area contributed by atoms with E-state index in [1.807, 2.05) is 0 Å². The molecule has 1 rings (SSSR count). The zero-order valence-corrected chi connectivity index (χ0v) is 11.1. The highest BCUT2D eigenvalue weighted by Crippen LogP contribution is 2.21. The van der Waals surface area contributed by atoms with Crippen molar-refractivity contribution in [1.82, 2.24) is 0 Å². The molecule has 0 bridgehead atoms. The molecule has 0 saturated heterocycles. The minimum atomic E-state index is -1.45. The summed E-state index contributed by atoms with van der Waals surface area (Å²) in [6.07, 6.45) is 0.0753. The molecule has 7 heteroatoms. The van der Waals surface area contributed by atoms with E-state index >= 15 is 0 Å². The largest absolute Gasteiger partial charge is 0.478 e. The van der Waals surface area contributed by atoms with E-state index in [-0.39, 0.29) is 18.0 Å². The van der Waals surface area contributed by atoms with Gasteiger partial charge in [0.05, 0.1) is 11.3 Å². The van der Waals surface area contributed by atoms with Crippen LogP contribution in [0.3, 0.4) is 0 Å². The lowest BCUT2D eigenvalue weighted by Crippen LogP contribution is -2.19. The van der Waals surface area contributed by atoms with Gasteiger partial charge in [0, 0.05) is 26.2 Å². The van der Waals surface area contributed by atoms with Crippen LogP contribution in [0.5, 0.6) is 0 Å². The Bertz CT molecular complexity index is 519. The molecular weight excluding hydrogens is 272 g/mol. The number of carboxylic acid groups (broad SMARTS) is 1. The molecule has 0 aliphatic carbocycles. The van der Waals surface area contributed by atoms with Gasteiger partial charge >= 0.3 is 5.97 Å². The van der Waals surface area contributed by atoms with Gasteiger partial charge in [0.2, 0.25) is 5.91 Å². The van der Waals surface area contributed by atoms with Gasteiger partial charge in [0.1, 0.15) is 0 Å². The highest BCUT2D eigenvalue weighted by molar-refractivity contribution is 6.00. The van der Waals surface area contributed by atoms with E-state index in [1.165, 1.54) is 7.11 Å². The van der Waals surface area contributed by atoms with Crippen molar-refractivity contribution in [2.24, 2.45) is 5.92 Å². The molecule has 0 aromatic heterocycles. The molecule has 0 fully saturated rings. The van der Waals surface area contributed by atoms with Crippen molar-refractivity contribution < 1.29 is 28.2 Å². The Morgan fingerprint density at radius 3 is 2.50 bits per heavy atom. The molecule has 110 valence electrons. The summed E-state index contributed by atoms with van der Waals surface area (Å²) < 4.78 is 31.0. The maximum absolute atomic E-state index is 13.1. The molecule has 2 N–H and O–H groups in total. The van der Waals surface area contributed by atoms with Crippen molar-refractivity contribution in [3.05, 3.63) is 29.3 Å². The van der Waals surface area contributed by atoms with Crippen molar-refractivity contribution >= 4 is 17.6 Å². The fraction of sp³-hybridized carbons (Fsp3) is 0.385. The number of nitrogens with one attached hydrogen (secondary N) is 1. The maximum atomic E-state index is 13.1. The summed E-state index contributed by atoms with van der Waals surface area (Å²) in [6.45, 7) is 2.13. The number of methoxy groups -OCH3 is 1. The van der Waals surface area contributed by atoms with E-state index in [0.29, 0.717) is 18.7 Å². The second kappa shape index (κ2) is 6.95. The van der Waals surface area contributed by atoms with Crippen molar-refractivity contribution in [3.8, 4) is 0 Å². The number of hydrogen-bond acceptors (Lipinski definition) is 3. The minimum Gasteiger partial charge on any atom is -0.478 e.